The molecule has 4 N–H and O–H groups in total. The van der Waals surface area contributed by atoms with Gasteiger partial charge in [0, 0.05) is 12.8 Å². The molecule has 0 aromatic rings. The van der Waals surface area contributed by atoms with E-state index in [-0.39, 0.29) is 19.4 Å². The minimum Gasteiger partial charge on any atom is -0.462 e. The summed E-state index contributed by atoms with van der Waals surface area (Å²) < 4.78 is 53.9. The topological polar surface area (TPSA) is 186 Å². The van der Waals surface area contributed by atoms with Crippen LogP contribution in [0.2, 0.25) is 0 Å². The van der Waals surface area contributed by atoms with Crippen molar-refractivity contribution in [2.75, 3.05) is 19.0 Å². The van der Waals surface area contributed by atoms with Crippen molar-refractivity contribution in [2.45, 2.75) is 205 Å². The first-order valence-electron chi connectivity index (χ1n) is 22.2. The van der Waals surface area contributed by atoms with Gasteiger partial charge in [-0.2, -0.15) is 8.42 Å². The summed E-state index contributed by atoms with van der Waals surface area (Å²) in [6.45, 7) is 3.59. The van der Waals surface area contributed by atoms with E-state index in [4.69, 9.17) is 18.9 Å². The van der Waals surface area contributed by atoms with Gasteiger partial charge in [-0.25, -0.2) is 0 Å². The molecule has 0 amide bonds. The van der Waals surface area contributed by atoms with Crippen LogP contribution in [-0.4, -0.2) is 96.0 Å². The number of carbonyl (C=O) groups excluding carboxylic acids is 2. The molecule has 0 aliphatic carbocycles. The highest BCUT2D eigenvalue weighted by Crippen LogP contribution is 2.24. The normalized spacial score (nSPS) is 20.8. The number of hydrogen-bond donors (Lipinski definition) is 4. The van der Waals surface area contributed by atoms with Crippen LogP contribution in [0.15, 0.2) is 48.6 Å². The minimum atomic E-state index is -4.61. The smallest absolute Gasteiger partial charge is 0.306 e. The van der Waals surface area contributed by atoms with E-state index in [2.05, 4.69) is 56.4 Å². The molecule has 12 nitrogen and oxygen atoms in total. The van der Waals surface area contributed by atoms with E-state index in [1.165, 1.54) is 64.2 Å². The van der Waals surface area contributed by atoms with E-state index in [0.29, 0.717) is 12.8 Å². The number of allylic oxidation sites excluding steroid dienone is 8. The Hall–Kier alpha value is -2.39. The van der Waals surface area contributed by atoms with E-state index in [1.807, 2.05) is 6.08 Å². The fraction of sp³-hybridized carbons (Fsp3) is 0.778. The van der Waals surface area contributed by atoms with E-state index in [0.717, 1.165) is 64.2 Å². The van der Waals surface area contributed by atoms with Crippen LogP contribution in [0, 0.1) is 0 Å². The number of carbonyl (C=O) groups is 2. The van der Waals surface area contributed by atoms with Gasteiger partial charge in [0.2, 0.25) is 0 Å². The van der Waals surface area contributed by atoms with Gasteiger partial charge in [-0.05, 0) is 57.8 Å². The average Bonchev–Trinajstić information content (AvgIpc) is 3.18. The molecule has 0 spiro atoms. The summed E-state index contributed by atoms with van der Waals surface area (Å²) >= 11 is 0. The van der Waals surface area contributed by atoms with Gasteiger partial charge >= 0.3 is 11.9 Å². The molecule has 1 heterocycles. The Kier molecular flexibility index (Phi) is 32.7. The molecule has 1 fully saturated rings. The quantitative estimate of drug-likeness (QED) is 0.0204. The van der Waals surface area contributed by atoms with Gasteiger partial charge in [0.15, 0.2) is 12.4 Å². The number of esters is 2. The maximum absolute atomic E-state index is 12.8. The molecule has 6 atom stereocenters. The highest BCUT2D eigenvalue weighted by molar-refractivity contribution is 7.85. The molecule has 336 valence electrons. The molecular weight excluding hydrogens is 765 g/mol. The van der Waals surface area contributed by atoms with E-state index in [1.54, 1.807) is 0 Å². The zero-order chi connectivity index (χ0) is 42.7. The second-order valence-electron chi connectivity index (χ2n) is 15.3. The number of rotatable bonds is 36. The van der Waals surface area contributed by atoms with Crippen molar-refractivity contribution in [3.05, 3.63) is 48.6 Å². The van der Waals surface area contributed by atoms with Gasteiger partial charge in [0.05, 0.1) is 6.61 Å². The van der Waals surface area contributed by atoms with Crippen LogP contribution >= 0.6 is 0 Å². The Balaban J connectivity index is 2.49. The number of aliphatic hydroxyl groups is 3. The zero-order valence-corrected chi connectivity index (χ0v) is 36.5. The first-order chi connectivity index (χ1) is 28.0. The van der Waals surface area contributed by atoms with Crippen LogP contribution in [-0.2, 0) is 38.7 Å². The fourth-order valence-corrected chi connectivity index (χ4v) is 7.16. The zero-order valence-electron chi connectivity index (χ0n) is 35.6. The van der Waals surface area contributed by atoms with Crippen molar-refractivity contribution in [1.29, 1.82) is 0 Å². The number of hydrogen-bond acceptors (Lipinski definition) is 11. The van der Waals surface area contributed by atoms with E-state index < -0.39 is 71.2 Å². The molecule has 0 aromatic carbocycles. The Morgan fingerprint density at radius 1 is 0.603 bits per heavy atom. The standard InChI is InChI=1S/C45H78O12S/c1-3-5-7-9-11-13-15-17-19-21-23-25-27-29-31-33-40(46)54-35-38(36-55-45-44(50)43(49)42(48)39(57-45)37-58(51,52)53)56-41(47)34-32-30-28-26-24-22-20-18-16-14-12-10-8-6-4-2/h5,7,11,13,17,19,28,30,38-39,42-45,48-50H,3-4,6,8-10,12,14-16,18,20-27,29,31-37H2,1-2H3,(H,51,52,53)/b7-5+,13-11+,19-17+,30-28+/t38-,39-,42-,43?,44?,45+/m1/s1. The van der Waals surface area contributed by atoms with Gasteiger partial charge in [-0.1, -0.05) is 146 Å². The summed E-state index contributed by atoms with van der Waals surface area (Å²) in [6.07, 6.45) is 31.7. The van der Waals surface area contributed by atoms with Crippen LogP contribution in [0.25, 0.3) is 0 Å². The molecule has 0 bridgehead atoms. The summed E-state index contributed by atoms with van der Waals surface area (Å²) in [5.41, 5.74) is 0. The summed E-state index contributed by atoms with van der Waals surface area (Å²) in [5, 5.41) is 30.8. The monoisotopic (exact) mass is 843 g/mol. The van der Waals surface area contributed by atoms with Crippen molar-refractivity contribution < 1.29 is 56.8 Å². The average molecular weight is 843 g/mol. The van der Waals surface area contributed by atoms with E-state index >= 15 is 0 Å². The molecule has 0 radical (unpaired) electrons. The number of ether oxygens (including phenoxy) is 4. The van der Waals surface area contributed by atoms with Crippen LogP contribution in [0.1, 0.15) is 168 Å². The molecule has 2 unspecified atom stereocenters. The Morgan fingerprint density at radius 3 is 1.71 bits per heavy atom. The molecule has 0 saturated carbocycles. The van der Waals surface area contributed by atoms with Crippen LogP contribution in [0.3, 0.4) is 0 Å². The summed E-state index contributed by atoms with van der Waals surface area (Å²) in [7, 11) is -4.61. The highest BCUT2D eigenvalue weighted by Gasteiger charge is 2.46. The molecule has 0 aromatic heterocycles. The van der Waals surface area contributed by atoms with Gasteiger partial charge in [0.25, 0.3) is 10.1 Å². The maximum atomic E-state index is 12.8. The lowest BCUT2D eigenvalue weighted by molar-refractivity contribution is -0.297. The predicted octanol–water partition coefficient (Wildman–Crippen LogP) is 8.78. The van der Waals surface area contributed by atoms with Gasteiger partial charge in [-0.15, -0.1) is 0 Å². The number of aliphatic hydroxyl groups excluding tert-OH is 3. The Morgan fingerprint density at radius 2 is 1.12 bits per heavy atom. The lowest BCUT2D eigenvalue weighted by Gasteiger charge is -2.40. The molecule has 1 aliphatic rings. The predicted molar refractivity (Wildman–Crippen MR) is 229 cm³/mol. The van der Waals surface area contributed by atoms with Crippen molar-refractivity contribution in [3.63, 3.8) is 0 Å². The van der Waals surface area contributed by atoms with Crippen LogP contribution in [0.4, 0.5) is 0 Å². The lowest BCUT2D eigenvalue weighted by atomic mass is 10.00. The van der Waals surface area contributed by atoms with Crippen molar-refractivity contribution >= 4 is 22.1 Å². The number of unbranched alkanes of at least 4 members (excludes halogenated alkanes) is 16. The van der Waals surface area contributed by atoms with Gasteiger partial charge in [0.1, 0.15) is 36.8 Å². The molecule has 1 saturated heterocycles. The fourth-order valence-electron chi connectivity index (χ4n) is 6.47. The van der Waals surface area contributed by atoms with E-state index in [9.17, 15) is 37.9 Å². The first kappa shape index (κ1) is 53.6. The van der Waals surface area contributed by atoms with Crippen molar-refractivity contribution in [1.82, 2.24) is 0 Å². The third kappa shape index (κ3) is 29.8. The minimum absolute atomic E-state index is 0.0763. The molecular formula is C45H78O12S. The summed E-state index contributed by atoms with van der Waals surface area (Å²) in [5.74, 6) is -2.07. The molecule has 58 heavy (non-hydrogen) atoms. The lowest BCUT2D eigenvalue weighted by Crippen LogP contribution is -2.60. The largest absolute Gasteiger partial charge is 0.462 e. The van der Waals surface area contributed by atoms with Gasteiger partial charge < -0.3 is 34.3 Å². The summed E-state index contributed by atoms with van der Waals surface area (Å²) in [6, 6.07) is 0. The van der Waals surface area contributed by atoms with Crippen molar-refractivity contribution in [3.8, 4) is 0 Å². The van der Waals surface area contributed by atoms with Crippen molar-refractivity contribution in [2.24, 2.45) is 0 Å². The Labute approximate surface area is 350 Å². The maximum Gasteiger partial charge on any atom is 0.306 e. The highest BCUT2D eigenvalue weighted by atomic mass is 32.2. The first-order valence-corrected chi connectivity index (χ1v) is 23.8. The third-order valence-electron chi connectivity index (χ3n) is 9.91. The Bertz CT molecular complexity index is 1260. The molecule has 1 aliphatic heterocycles. The van der Waals surface area contributed by atoms with Crippen LogP contribution < -0.4 is 0 Å². The molecule has 1 rings (SSSR count). The second-order valence-corrected chi connectivity index (χ2v) is 16.8. The molecule has 13 heteroatoms. The third-order valence-corrected chi connectivity index (χ3v) is 10.7. The SMILES string of the molecule is CC/C=C/C/C=C/C/C=C/CCCCCCCC(=O)OC[C@H](CO[C@H]1O[C@H](CS(=O)(=O)O)[C@@H](O)C(O)C1O)OC(=O)CC/C=C/CCCCCCCCCCCCC. The van der Waals surface area contributed by atoms with Gasteiger partial charge in [-0.3, -0.25) is 14.1 Å². The van der Waals surface area contributed by atoms with Crippen LogP contribution in [0.5, 0.6) is 0 Å². The summed E-state index contributed by atoms with van der Waals surface area (Å²) in [4.78, 5) is 25.3. The second kappa shape index (κ2) is 35.4.